The molecule has 0 fully saturated rings. The Kier molecular flexibility index (Phi) is 4.83. The lowest BCUT2D eigenvalue weighted by molar-refractivity contribution is -0.112. The van der Waals surface area contributed by atoms with Crippen molar-refractivity contribution >= 4 is 39.6 Å². The van der Waals surface area contributed by atoms with E-state index in [1.807, 2.05) is 20.8 Å². The van der Waals surface area contributed by atoms with Gasteiger partial charge in [0.15, 0.2) is 0 Å². The topological polar surface area (TPSA) is 124 Å². The standard InChI is InChI=1S/C15H16BrN5O3/c1-15(2,3)11-9(13(23)24)4-8(5-18-11)10(12(17)22)6-21-7-19-14(16)20-21/h4-7H,1-3H3,(H2,17,22)(H,23,24)/b10-6+. The van der Waals surface area contributed by atoms with Crippen LogP contribution in [0, 0.1) is 0 Å². The van der Waals surface area contributed by atoms with Crippen LogP contribution in [-0.2, 0) is 10.2 Å². The van der Waals surface area contributed by atoms with Crippen LogP contribution in [0.25, 0.3) is 11.8 Å². The van der Waals surface area contributed by atoms with Gasteiger partial charge in [-0.05, 0) is 22.0 Å². The number of nitrogens with zero attached hydrogens (tertiary/aromatic N) is 4. The van der Waals surface area contributed by atoms with E-state index in [0.29, 0.717) is 16.0 Å². The molecule has 2 aromatic heterocycles. The van der Waals surface area contributed by atoms with Gasteiger partial charge in [-0.1, -0.05) is 20.8 Å². The van der Waals surface area contributed by atoms with Crippen molar-refractivity contribution in [3.05, 3.63) is 40.1 Å². The fourth-order valence-corrected chi connectivity index (χ4v) is 2.38. The van der Waals surface area contributed by atoms with Crippen LogP contribution in [0.2, 0.25) is 0 Å². The molecule has 0 bridgehead atoms. The molecule has 0 unspecified atom stereocenters. The predicted octanol–water partition coefficient (Wildman–Crippen LogP) is 1.91. The molecule has 0 aliphatic carbocycles. The van der Waals surface area contributed by atoms with Crippen molar-refractivity contribution < 1.29 is 14.7 Å². The zero-order chi connectivity index (χ0) is 18.1. The van der Waals surface area contributed by atoms with Gasteiger partial charge in [0.1, 0.15) is 6.33 Å². The van der Waals surface area contributed by atoms with Gasteiger partial charge in [-0.3, -0.25) is 9.78 Å². The van der Waals surface area contributed by atoms with Crippen LogP contribution in [0.15, 0.2) is 23.3 Å². The second kappa shape index (κ2) is 6.52. The molecule has 3 N–H and O–H groups in total. The first kappa shape index (κ1) is 17.8. The molecule has 126 valence electrons. The van der Waals surface area contributed by atoms with Crippen LogP contribution in [0.5, 0.6) is 0 Å². The maximum Gasteiger partial charge on any atom is 0.337 e. The number of rotatable bonds is 4. The van der Waals surface area contributed by atoms with E-state index in [4.69, 9.17) is 5.73 Å². The fraction of sp³-hybridized carbons (Fsp3) is 0.267. The van der Waals surface area contributed by atoms with E-state index in [-0.39, 0.29) is 11.1 Å². The Balaban J connectivity index is 2.60. The lowest BCUT2D eigenvalue weighted by atomic mass is 9.87. The average molecular weight is 394 g/mol. The van der Waals surface area contributed by atoms with Crippen molar-refractivity contribution in [2.75, 3.05) is 0 Å². The van der Waals surface area contributed by atoms with E-state index in [9.17, 15) is 14.7 Å². The van der Waals surface area contributed by atoms with Gasteiger partial charge in [0.2, 0.25) is 4.73 Å². The maximum atomic E-state index is 11.8. The largest absolute Gasteiger partial charge is 0.478 e. The van der Waals surface area contributed by atoms with E-state index in [1.165, 1.54) is 29.5 Å². The Morgan fingerprint density at radius 2 is 2.00 bits per heavy atom. The Morgan fingerprint density at radius 1 is 1.33 bits per heavy atom. The third-order valence-electron chi connectivity index (χ3n) is 3.15. The highest BCUT2D eigenvalue weighted by Crippen LogP contribution is 2.26. The number of aromatic carboxylic acids is 1. The molecule has 0 saturated heterocycles. The molecule has 0 atom stereocenters. The maximum absolute atomic E-state index is 11.8. The highest BCUT2D eigenvalue weighted by Gasteiger charge is 2.24. The van der Waals surface area contributed by atoms with Crippen molar-refractivity contribution in [1.29, 1.82) is 0 Å². The summed E-state index contributed by atoms with van der Waals surface area (Å²) in [6.07, 6.45) is 4.16. The molecule has 0 radical (unpaired) electrons. The molecular formula is C15H16BrN5O3. The number of carbonyl (C=O) groups excluding carboxylic acids is 1. The second-order valence-electron chi connectivity index (χ2n) is 6.08. The quantitative estimate of drug-likeness (QED) is 0.764. The van der Waals surface area contributed by atoms with Gasteiger partial charge in [-0.15, -0.1) is 5.10 Å². The molecule has 0 spiro atoms. The Hall–Kier alpha value is -2.55. The van der Waals surface area contributed by atoms with Gasteiger partial charge < -0.3 is 10.8 Å². The van der Waals surface area contributed by atoms with Gasteiger partial charge in [-0.25, -0.2) is 14.5 Å². The van der Waals surface area contributed by atoms with Crippen LogP contribution in [0.4, 0.5) is 0 Å². The normalized spacial score (nSPS) is 12.2. The highest BCUT2D eigenvalue weighted by atomic mass is 79.9. The molecule has 2 heterocycles. The molecule has 0 aromatic carbocycles. The second-order valence-corrected chi connectivity index (χ2v) is 6.79. The van der Waals surface area contributed by atoms with Gasteiger partial charge in [0.25, 0.3) is 5.91 Å². The molecule has 2 rings (SSSR count). The summed E-state index contributed by atoms with van der Waals surface area (Å²) in [7, 11) is 0. The van der Waals surface area contributed by atoms with Crippen molar-refractivity contribution in [2.45, 2.75) is 26.2 Å². The van der Waals surface area contributed by atoms with Crippen molar-refractivity contribution in [1.82, 2.24) is 19.7 Å². The SMILES string of the molecule is CC(C)(C)c1ncc(/C(=C\n2cnc(Br)n2)C(N)=O)cc1C(=O)O. The van der Waals surface area contributed by atoms with Crippen LogP contribution in [0.3, 0.4) is 0 Å². The van der Waals surface area contributed by atoms with E-state index < -0.39 is 17.3 Å². The molecule has 0 aliphatic rings. The number of carboxylic acid groups (broad SMARTS) is 1. The van der Waals surface area contributed by atoms with Gasteiger partial charge in [0, 0.05) is 23.4 Å². The molecule has 9 heteroatoms. The summed E-state index contributed by atoms with van der Waals surface area (Å²) in [6, 6.07) is 1.39. The minimum Gasteiger partial charge on any atom is -0.478 e. The predicted molar refractivity (Wildman–Crippen MR) is 91.0 cm³/mol. The summed E-state index contributed by atoms with van der Waals surface area (Å²) in [5, 5.41) is 13.4. The number of carbonyl (C=O) groups is 2. The summed E-state index contributed by atoms with van der Waals surface area (Å²) < 4.78 is 1.64. The number of primary amides is 1. The van der Waals surface area contributed by atoms with Crippen molar-refractivity contribution in [3.8, 4) is 0 Å². The first-order valence-corrected chi connectivity index (χ1v) is 7.71. The zero-order valence-corrected chi connectivity index (χ0v) is 14.9. The van der Waals surface area contributed by atoms with Gasteiger partial charge in [0.05, 0.1) is 16.8 Å². The number of halogens is 1. The Bertz CT molecular complexity index is 836. The van der Waals surface area contributed by atoms with Crippen molar-refractivity contribution in [2.24, 2.45) is 5.73 Å². The molecular weight excluding hydrogens is 378 g/mol. The minimum atomic E-state index is -1.12. The van der Waals surface area contributed by atoms with Crippen LogP contribution < -0.4 is 5.73 Å². The first-order chi connectivity index (χ1) is 11.1. The summed E-state index contributed by atoms with van der Waals surface area (Å²) in [5.74, 6) is -1.86. The van der Waals surface area contributed by atoms with E-state index >= 15 is 0 Å². The number of nitrogens with two attached hydrogens (primary N) is 1. The smallest absolute Gasteiger partial charge is 0.337 e. The highest BCUT2D eigenvalue weighted by molar-refractivity contribution is 9.10. The minimum absolute atomic E-state index is 0.0203. The van der Waals surface area contributed by atoms with Crippen LogP contribution in [0.1, 0.15) is 42.4 Å². The van der Waals surface area contributed by atoms with Crippen LogP contribution >= 0.6 is 15.9 Å². The molecule has 24 heavy (non-hydrogen) atoms. The molecule has 0 aliphatic heterocycles. The number of carboxylic acids is 1. The molecule has 8 nitrogen and oxygen atoms in total. The fourth-order valence-electron chi connectivity index (χ4n) is 2.10. The summed E-state index contributed by atoms with van der Waals surface area (Å²) in [6.45, 7) is 5.58. The molecule has 0 saturated carbocycles. The molecule has 2 aromatic rings. The summed E-state index contributed by atoms with van der Waals surface area (Å²) in [4.78, 5) is 31.5. The van der Waals surface area contributed by atoms with Crippen LogP contribution in [-0.4, -0.2) is 36.7 Å². The number of hydrogen-bond acceptors (Lipinski definition) is 5. The van der Waals surface area contributed by atoms with Gasteiger partial charge >= 0.3 is 5.97 Å². The number of aromatic nitrogens is 4. The summed E-state index contributed by atoms with van der Waals surface area (Å²) in [5.41, 5.74) is 5.76. The van der Waals surface area contributed by atoms with E-state index in [2.05, 4.69) is 31.0 Å². The molecule has 1 amide bonds. The number of hydrogen-bond donors (Lipinski definition) is 2. The van der Waals surface area contributed by atoms with Gasteiger partial charge in [-0.2, -0.15) is 0 Å². The monoisotopic (exact) mass is 393 g/mol. The lowest BCUT2D eigenvalue weighted by Gasteiger charge is -2.20. The summed E-state index contributed by atoms with van der Waals surface area (Å²) >= 11 is 3.10. The van der Waals surface area contributed by atoms with E-state index in [0.717, 1.165) is 0 Å². The van der Waals surface area contributed by atoms with E-state index in [1.54, 1.807) is 0 Å². The number of pyridine rings is 1. The third kappa shape index (κ3) is 3.85. The average Bonchev–Trinajstić information content (AvgIpc) is 2.88. The Labute approximate surface area is 146 Å². The lowest BCUT2D eigenvalue weighted by Crippen LogP contribution is -2.20. The zero-order valence-electron chi connectivity index (χ0n) is 13.3. The Morgan fingerprint density at radius 3 is 2.46 bits per heavy atom. The first-order valence-electron chi connectivity index (χ1n) is 6.92. The number of amides is 1. The van der Waals surface area contributed by atoms with Crippen molar-refractivity contribution in [3.63, 3.8) is 0 Å². The third-order valence-corrected chi connectivity index (χ3v) is 3.51.